The second-order valence-electron chi connectivity index (χ2n) is 7.37. The minimum atomic E-state index is -0.655. The van der Waals surface area contributed by atoms with Gasteiger partial charge in [0.15, 0.2) is 0 Å². The molecule has 1 aromatic rings. The summed E-state index contributed by atoms with van der Waals surface area (Å²) in [6, 6.07) is 4.52. The van der Waals surface area contributed by atoms with E-state index in [0.717, 1.165) is 6.42 Å². The summed E-state index contributed by atoms with van der Waals surface area (Å²) in [5.74, 6) is -1.04. The molecular weight excluding hydrogens is 309 g/mol. The largest absolute Gasteiger partial charge is 0.457 e. The van der Waals surface area contributed by atoms with Gasteiger partial charge in [-0.3, -0.25) is 4.79 Å². The average molecular weight is 333 g/mol. The number of hydrogen-bond donors (Lipinski definition) is 0. The van der Waals surface area contributed by atoms with Crippen molar-refractivity contribution in [3.63, 3.8) is 0 Å². The zero-order valence-corrected chi connectivity index (χ0v) is 14.9. The van der Waals surface area contributed by atoms with E-state index in [1.807, 2.05) is 13.8 Å². The summed E-state index contributed by atoms with van der Waals surface area (Å²) in [6.45, 7) is 9.75. The van der Waals surface area contributed by atoms with E-state index in [-0.39, 0.29) is 17.2 Å². The van der Waals surface area contributed by atoms with Crippen molar-refractivity contribution in [3.05, 3.63) is 35.7 Å². The summed E-state index contributed by atoms with van der Waals surface area (Å²) in [4.78, 5) is 26.2. The van der Waals surface area contributed by atoms with E-state index in [1.54, 1.807) is 26.8 Å². The van der Waals surface area contributed by atoms with Crippen molar-refractivity contribution in [3.8, 4) is 0 Å². The van der Waals surface area contributed by atoms with Gasteiger partial charge in [-0.15, -0.1) is 0 Å². The second kappa shape index (κ2) is 6.75. The van der Waals surface area contributed by atoms with Crippen LogP contribution in [0.25, 0.3) is 5.57 Å². The molecule has 0 radical (unpaired) electrons. The molecule has 1 aliphatic heterocycles. The lowest BCUT2D eigenvalue weighted by Gasteiger charge is -2.19. The van der Waals surface area contributed by atoms with Crippen LogP contribution in [0.3, 0.4) is 0 Å². The van der Waals surface area contributed by atoms with Gasteiger partial charge in [-0.25, -0.2) is 9.18 Å². The van der Waals surface area contributed by atoms with E-state index in [4.69, 9.17) is 4.74 Å². The number of nitrogens with zero attached hydrogens (tertiary/aromatic N) is 1. The van der Waals surface area contributed by atoms with Crippen LogP contribution in [-0.2, 0) is 14.3 Å². The number of carbonyl (C=O) groups excluding carboxylic acids is 2. The third-order valence-electron chi connectivity index (χ3n) is 3.62. The molecule has 4 nitrogen and oxygen atoms in total. The molecule has 0 aliphatic carbocycles. The molecular formula is C19H24FNO3. The van der Waals surface area contributed by atoms with Crippen molar-refractivity contribution in [2.75, 3.05) is 11.4 Å². The molecule has 5 heteroatoms. The maximum Gasteiger partial charge on any atom is 0.332 e. The summed E-state index contributed by atoms with van der Waals surface area (Å²) < 4.78 is 19.5. The minimum absolute atomic E-state index is 0.183. The Morgan fingerprint density at radius 2 is 2.00 bits per heavy atom. The molecule has 2 rings (SSSR count). The molecule has 1 heterocycles. The van der Waals surface area contributed by atoms with E-state index >= 15 is 0 Å². The topological polar surface area (TPSA) is 46.6 Å². The van der Waals surface area contributed by atoms with Gasteiger partial charge in [0.25, 0.3) is 5.91 Å². The van der Waals surface area contributed by atoms with Crippen LogP contribution in [0.1, 0.15) is 46.6 Å². The number of anilines is 1. The molecule has 0 fully saturated rings. The number of para-hydroxylation sites is 1. The fourth-order valence-electron chi connectivity index (χ4n) is 2.56. The summed E-state index contributed by atoms with van der Waals surface area (Å²) >= 11 is 0. The molecule has 0 atom stereocenters. The fraction of sp³-hybridized carbons (Fsp3) is 0.474. The summed E-state index contributed by atoms with van der Waals surface area (Å²) in [5, 5.41) is 0. The van der Waals surface area contributed by atoms with Crippen LogP contribution in [0.4, 0.5) is 10.1 Å². The van der Waals surface area contributed by atoms with Crippen LogP contribution in [0.2, 0.25) is 0 Å². The highest BCUT2D eigenvalue weighted by atomic mass is 19.1. The van der Waals surface area contributed by atoms with Crippen LogP contribution in [0.5, 0.6) is 0 Å². The van der Waals surface area contributed by atoms with Gasteiger partial charge in [-0.05, 0) is 39.2 Å². The number of benzene rings is 1. The number of ether oxygens (including phenoxy) is 1. The van der Waals surface area contributed by atoms with Gasteiger partial charge in [0.05, 0.1) is 11.3 Å². The lowest BCUT2D eigenvalue weighted by atomic mass is 10.1. The van der Waals surface area contributed by atoms with Gasteiger partial charge >= 0.3 is 5.97 Å². The first-order chi connectivity index (χ1) is 11.1. The normalized spacial score (nSPS) is 16.0. The Morgan fingerprint density at radius 1 is 1.33 bits per heavy atom. The van der Waals surface area contributed by atoms with Gasteiger partial charge in [0.2, 0.25) is 0 Å². The van der Waals surface area contributed by atoms with Crippen LogP contribution in [0.15, 0.2) is 24.3 Å². The lowest BCUT2D eigenvalue weighted by molar-refractivity contribution is -0.148. The Balaban J connectivity index is 2.39. The predicted molar refractivity (Wildman–Crippen MR) is 92.0 cm³/mol. The van der Waals surface area contributed by atoms with Crippen LogP contribution in [0, 0.1) is 11.7 Å². The molecule has 24 heavy (non-hydrogen) atoms. The predicted octanol–water partition coefficient (Wildman–Crippen LogP) is 3.94. The highest BCUT2D eigenvalue weighted by Crippen LogP contribution is 2.39. The monoisotopic (exact) mass is 333 g/mol. The molecule has 0 bridgehead atoms. The van der Waals surface area contributed by atoms with E-state index in [2.05, 4.69) is 0 Å². The molecule has 0 aromatic heterocycles. The molecule has 0 spiro atoms. The van der Waals surface area contributed by atoms with Crippen molar-refractivity contribution in [1.29, 1.82) is 0 Å². The highest BCUT2D eigenvalue weighted by Gasteiger charge is 2.35. The molecule has 0 unspecified atom stereocenters. The van der Waals surface area contributed by atoms with E-state index in [9.17, 15) is 14.0 Å². The zero-order chi connectivity index (χ0) is 18.1. The van der Waals surface area contributed by atoms with Crippen molar-refractivity contribution >= 4 is 23.1 Å². The van der Waals surface area contributed by atoms with Gasteiger partial charge in [0, 0.05) is 18.2 Å². The maximum atomic E-state index is 14.3. The minimum Gasteiger partial charge on any atom is -0.457 e. The smallest absolute Gasteiger partial charge is 0.332 e. The van der Waals surface area contributed by atoms with Crippen molar-refractivity contribution in [2.24, 2.45) is 5.92 Å². The number of esters is 1. The Labute approximate surface area is 142 Å². The van der Waals surface area contributed by atoms with Gasteiger partial charge in [0.1, 0.15) is 11.4 Å². The Morgan fingerprint density at radius 3 is 2.58 bits per heavy atom. The lowest BCUT2D eigenvalue weighted by Crippen LogP contribution is -2.29. The first-order valence-corrected chi connectivity index (χ1v) is 8.15. The van der Waals surface area contributed by atoms with Gasteiger partial charge in [-0.2, -0.15) is 0 Å². The number of halogens is 1. The first kappa shape index (κ1) is 18.2. The van der Waals surface area contributed by atoms with E-state index in [1.165, 1.54) is 23.1 Å². The summed E-state index contributed by atoms with van der Waals surface area (Å²) in [6.07, 6.45) is 1.92. The number of carbonyl (C=O) groups is 2. The van der Waals surface area contributed by atoms with Crippen molar-refractivity contribution in [1.82, 2.24) is 0 Å². The van der Waals surface area contributed by atoms with Gasteiger partial charge < -0.3 is 9.64 Å². The van der Waals surface area contributed by atoms with Gasteiger partial charge in [-0.1, -0.05) is 26.0 Å². The number of fused-ring (bicyclic) bond motifs is 1. The molecule has 130 valence electrons. The molecule has 1 amide bonds. The molecule has 1 aromatic carbocycles. The third kappa shape index (κ3) is 4.02. The van der Waals surface area contributed by atoms with E-state index < -0.39 is 17.4 Å². The number of hydrogen-bond acceptors (Lipinski definition) is 3. The van der Waals surface area contributed by atoms with Crippen molar-refractivity contribution in [2.45, 2.75) is 46.6 Å². The fourth-order valence-corrected chi connectivity index (χ4v) is 2.56. The Bertz CT molecular complexity index is 686. The van der Waals surface area contributed by atoms with Crippen molar-refractivity contribution < 1.29 is 18.7 Å². The average Bonchev–Trinajstić information content (AvgIpc) is 2.69. The maximum absolute atomic E-state index is 14.3. The van der Waals surface area contributed by atoms with Crippen LogP contribution in [-0.4, -0.2) is 24.0 Å². The highest BCUT2D eigenvalue weighted by molar-refractivity contribution is 6.34. The Hall–Kier alpha value is -2.17. The SMILES string of the molecule is CC(C)CCN1C(=O)/C(=C/C(=O)OC(C)(C)C)c2cccc(F)c21. The molecule has 0 saturated carbocycles. The summed E-state index contributed by atoms with van der Waals surface area (Å²) in [5.41, 5.74) is 0.216. The standard InChI is InChI=1S/C19H24FNO3/c1-12(2)9-10-21-17-13(7-6-8-15(17)20)14(18(21)23)11-16(22)24-19(3,4)5/h6-8,11-12H,9-10H2,1-5H3/b14-11+. The number of amides is 1. The zero-order valence-electron chi connectivity index (χ0n) is 14.9. The quantitative estimate of drug-likeness (QED) is 0.619. The summed E-state index contributed by atoms with van der Waals surface area (Å²) in [7, 11) is 0. The molecule has 0 N–H and O–H groups in total. The Kier molecular flexibility index (Phi) is 5.11. The van der Waals surface area contributed by atoms with Crippen LogP contribution < -0.4 is 4.90 Å². The third-order valence-corrected chi connectivity index (χ3v) is 3.62. The van der Waals surface area contributed by atoms with E-state index in [0.29, 0.717) is 18.0 Å². The van der Waals surface area contributed by atoms with Crippen LogP contribution >= 0.6 is 0 Å². The first-order valence-electron chi connectivity index (χ1n) is 8.15. The molecule has 1 aliphatic rings. The second-order valence-corrected chi connectivity index (χ2v) is 7.37. The molecule has 0 saturated heterocycles. The number of rotatable bonds is 4.